The van der Waals surface area contributed by atoms with Gasteiger partial charge >= 0.3 is 18.1 Å². The average molecular weight is 397 g/mol. The van der Waals surface area contributed by atoms with Crippen LogP contribution in [0.4, 0.5) is 13.2 Å². The summed E-state index contributed by atoms with van der Waals surface area (Å²) < 4.78 is 43.5. The Balaban J connectivity index is 0.000000300. The summed E-state index contributed by atoms with van der Waals surface area (Å²) in [6, 6.07) is 11.5. The van der Waals surface area contributed by atoms with Crippen LogP contribution in [0.2, 0.25) is 0 Å². The molecule has 0 aliphatic heterocycles. The fourth-order valence-electron chi connectivity index (χ4n) is 2.20. The lowest BCUT2D eigenvalue weighted by Gasteiger charge is -1.99. The van der Waals surface area contributed by atoms with Crippen molar-refractivity contribution >= 4 is 22.8 Å². The third kappa shape index (κ3) is 5.53. The number of nitrogens with zero attached hydrogens (tertiary/aromatic N) is 2. The molecular formula is C18H16F3N2O5+. The van der Waals surface area contributed by atoms with Crippen LogP contribution in [0.15, 0.2) is 53.3 Å². The standard InChI is InChI=1S/C15H12N2O3.C3H3F3O2/c18-14(19)7-10-17-8-5-11(6-9-17)15-12-3-1-2-4-13(12)16-20-15;1-8-2(7)3(4,5)6/h1-6,8-9H,7,10H2;1H3/p+1. The number of methoxy groups -OCH3 is 1. The van der Waals surface area contributed by atoms with E-state index in [0.29, 0.717) is 13.7 Å². The van der Waals surface area contributed by atoms with Gasteiger partial charge in [0.2, 0.25) is 0 Å². The summed E-state index contributed by atoms with van der Waals surface area (Å²) >= 11 is 0. The maximum Gasteiger partial charge on any atom is 0.490 e. The molecule has 0 saturated heterocycles. The smallest absolute Gasteiger partial charge is 0.481 e. The highest BCUT2D eigenvalue weighted by atomic mass is 19.4. The minimum absolute atomic E-state index is 0.106. The first kappa shape index (κ1) is 20.9. The number of ether oxygens (including phenoxy) is 1. The molecule has 148 valence electrons. The van der Waals surface area contributed by atoms with Crippen LogP contribution >= 0.6 is 0 Å². The van der Waals surface area contributed by atoms with Crippen molar-refractivity contribution in [3.63, 3.8) is 0 Å². The largest absolute Gasteiger partial charge is 0.490 e. The summed E-state index contributed by atoms with van der Waals surface area (Å²) in [5.74, 6) is -2.24. The lowest BCUT2D eigenvalue weighted by Crippen LogP contribution is -2.33. The fraction of sp³-hybridized carbons (Fsp3) is 0.222. The first-order valence-electron chi connectivity index (χ1n) is 7.93. The highest BCUT2D eigenvalue weighted by Crippen LogP contribution is 2.27. The quantitative estimate of drug-likeness (QED) is 0.537. The molecule has 3 aromatic rings. The van der Waals surface area contributed by atoms with E-state index in [2.05, 4.69) is 9.89 Å². The first-order valence-corrected chi connectivity index (χ1v) is 7.93. The highest BCUT2D eigenvalue weighted by molar-refractivity contribution is 5.91. The number of carboxylic acid groups (broad SMARTS) is 1. The van der Waals surface area contributed by atoms with E-state index >= 15 is 0 Å². The normalized spacial score (nSPS) is 10.9. The lowest BCUT2D eigenvalue weighted by atomic mass is 10.1. The van der Waals surface area contributed by atoms with Gasteiger partial charge in [-0.25, -0.2) is 9.36 Å². The Morgan fingerprint density at radius 2 is 1.82 bits per heavy atom. The van der Waals surface area contributed by atoms with Gasteiger partial charge in [-0.3, -0.25) is 4.79 Å². The molecule has 0 aliphatic carbocycles. The molecule has 0 bridgehead atoms. The third-order valence-electron chi connectivity index (χ3n) is 3.54. The topological polar surface area (TPSA) is 93.5 Å². The van der Waals surface area contributed by atoms with Gasteiger partial charge in [0.15, 0.2) is 24.7 Å². The predicted octanol–water partition coefficient (Wildman–Crippen LogP) is 2.98. The Morgan fingerprint density at radius 3 is 2.36 bits per heavy atom. The molecular weight excluding hydrogens is 381 g/mol. The number of halogens is 3. The van der Waals surface area contributed by atoms with Crippen LogP contribution in [0.3, 0.4) is 0 Å². The van der Waals surface area contributed by atoms with Crippen molar-refractivity contribution in [2.24, 2.45) is 0 Å². The van der Waals surface area contributed by atoms with Crippen molar-refractivity contribution in [1.29, 1.82) is 0 Å². The second kappa shape index (κ2) is 8.98. The van der Waals surface area contributed by atoms with E-state index in [-0.39, 0.29) is 6.42 Å². The molecule has 1 N–H and O–H groups in total. The van der Waals surface area contributed by atoms with Crippen LogP contribution in [-0.4, -0.2) is 35.5 Å². The van der Waals surface area contributed by atoms with Gasteiger partial charge in [-0.2, -0.15) is 13.2 Å². The summed E-state index contributed by atoms with van der Waals surface area (Å²) in [4.78, 5) is 20.0. The van der Waals surface area contributed by atoms with Crippen molar-refractivity contribution in [3.8, 4) is 11.3 Å². The molecule has 10 heteroatoms. The number of carboxylic acids is 1. The molecule has 0 radical (unpaired) electrons. The number of esters is 1. The summed E-state index contributed by atoms with van der Waals surface area (Å²) in [7, 11) is 0.676. The first-order chi connectivity index (χ1) is 13.2. The highest BCUT2D eigenvalue weighted by Gasteiger charge is 2.40. The summed E-state index contributed by atoms with van der Waals surface area (Å²) in [5, 5.41) is 13.6. The van der Waals surface area contributed by atoms with Gasteiger partial charge in [0.1, 0.15) is 11.9 Å². The number of benzene rings is 1. The van der Waals surface area contributed by atoms with Gasteiger partial charge < -0.3 is 14.4 Å². The molecule has 0 fully saturated rings. The summed E-state index contributed by atoms with van der Waals surface area (Å²) in [6.07, 6.45) is -1.06. The maximum atomic E-state index is 11.0. The molecule has 1 aromatic carbocycles. The van der Waals surface area contributed by atoms with Gasteiger partial charge in [0.25, 0.3) is 0 Å². The van der Waals surface area contributed by atoms with Crippen LogP contribution in [0.1, 0.15) is 6.42 Å². The maximum absolute atomic E-state index is 11.0. The van der Waals surface area contributed by atoms with Crippen LogP contribution in [0.25, 0.3) is 22.2 Å². The fourth-order valence-corrected chi connectivity index (χ4v) is 2.20. The number of hydrogen-bond donors (Lipinski definition) is 1. The van der Waals surface area contributed by atoms with Crippen molar-refractivity contribution < 1.29 is 41.7 Å². The van der Waals surface area contributed by atoms with Crippen LogP contribution < -0.4 is 4.57 Å². The van der Waals surface area contributed by atoms with E-state index < -0.39 is 18.1 Å². The zero-order chi connectivity index (χ0) is 20.7. The third-order valence-corrected chi connectivity index (χ3v) is 3.54. The molecule has 0 atom stereocenters. The van der Waals surface area contributed by atoms with Crippen molar-refractivity contribution in [2.45, 2.75) is 19.1 Å². The minimum Gasteiger partial charge on any atom is -0.481 e. The number of pyridine rings is 1. The lowest BCUT2D eigenvalue weighted by molar-refractivity contribution is -0.695. The Hall–Kier alpha value is -3.43. The number of rotatable bonds is 4. The number of aryl methyl sites for hydroxylation is 1. The molecule has 0 unspecified atom stereocenters. The molecule has 2 heterocycles. The SMILES string of the molecule is COC(=O)C(F)(F)F.O=C(O)CC[n+]1ccc(-c2onc3ccccc23)cc1. The number of carbonyl (C=O) groups excluding carboxylic acids is 1. The van der Waals surface area contributed by atoms with E-state index in [9.17, 15) is 22.8 Å². The number of fused-ring (bicyclic) bond motifs is 1. The van der Waals surface area contributed by atoms with Gasteiger partial charge in [-0.1, -0.05) is 17.3 Å². The molecule has 0 spiro atoms. The van der Waals surface area contributed by atoms with E-state index in [0.717, 1.165) is 22.2 Å². The van der Waals surface area contributed by atoms with Crippen molar-refractivity contribution in [3.05, 3.63) is 48.8 Å². The van der Waals surface area contributed by atoms with Crippen LogP contribution in [-0.2, 0) is 20.9 Å². The monoisotopic (exact) mass is 397 g/mol. The van der Waals surface area contributed by atoms with Crippen LogP contribution in [0.5, 0.6) is 0 Å². The van der Waals surface area contributed by atoms with Gasteiger partial charge in [0.05, 0.1) is 7.11 Å². The van der Waals surface area contributed by atoms with Crippen molar-refractivity contribution in [1.82, 2.24) is 5.16 Å². The molecule has 28 heavy (non-hydrogen) atoms. The van der Waals surface area contributed by atoms with Crippen LogP contribution in [0, 0.1) is 0 Å². The van der Waals surface area contributed by atoms with E-state index in [1.165, 1.54) is 0 Å². The molecule has 2 aromatic heterocycles. The Bertz CT molecular complexity index is 952. The molecule has 0 amide bonds. The zero-order valence-electron chi connectivity index (χ0n) is 14.6. The number of aliphatic carboxylic acids is 1. The molecule has 0 saturated carbocycles. The second-order valence-corrected chi connectivity index (χ2v) is 5.49. The molecule has 0 aliphatic rings. The molecule has 7 nitrogen and oxygen atoms in total. The average Bonchev–Trinajstić information content (AvgIpc) is 3.10. The predicted molar refractivity (Wildman–Crippen MR) is 90.0 cm³/mol. The Labute approximate surface area is 156 Å². The Kier molecular flexibility index (Phi) is 6.69. The van der Waals surface area contributed by atoms with E-state index in [1.54, 1.807) is 0 Å². The van der Waals surface area contributed by atoms with Gasteiger partial charge in [-0.15, -0.1) is 0 Å². The van der Waals surface area contributed by atoms with Crippen molar-refractivity contribution in [2.75, 3.05) is 7.11 Å². The minimum atomic E-state index is -4.85. The molecule has 3 rings (SSSR count). The van der Waals surface area contributed by atoms with E-state index in [1.807, 2.05) is 53.4 Å². The van der Waals surface area contributed by atoms with Gasteiger partial charge in [0, 0.05) is 23.1 Å². The number of alkyl halides is 3. The van der Waals surface area contributed by atoms with E-state index in [4.69, 9.17) is 9.63 Å². The number of hydrogen-bond acceptors (Lipinski definition) is 5. The summed E-state index contributed by atoms with van der Waals surface area (Å²) in [5.41, 5.74) is 1.75. The zero-order valence-corrected chi connectivity index (χ0v) is 14.6. The Morgan fingerprint density at radius 1 is 1.18 bits per heavy atom. The second-order valence-electron chi connectivity index (χ2n) is 5.49. The number of carbonyl (C=O) groups is 2. The summed E-state index contributed by atoms with van der Waals surface area (Å²) in [6.45, 7) is 0.451. The van der Waals surface area contributed by atoms with Gasteiger partial charge in [-0.05, 0) is 12.1 Å². The number of aromatic nitrogens is 2.